The number of benzene rings is 2. The number of carbonyl (C=O) groups is 2. The highest BCUT2D eigenvalue weighted by atomic mass is 19.4. The third-order valence-electron chi connectivity index (χ3n) is 4.35. The van der Waals surface area contributed by atoms with Gasteiger partial charge in [0.05, 0.1) is 12.2 Å². The Kier molecular flexibility index (Phi) is 5.11. The normalized spacial score (nSPS) is 13.7. The molecule has 2 aromatic carbocycles. The van der Waals surface area contributed by atoms with Gasteiger partial charge < -0.3 is 4.74 Å². The molecule has 6 heteroatoms. The van der Waals surface area contributed by atoms with Gasteiger partial charge in [0.1, 0.15) is 5.75 Å². The number of fused-ring (bicyclic) bond motifs is 1. The average Bonchev–Trinajstić information content (AvgIpc) is 2.64. The fourth-order valence-electron chi connectivity index (χ4n) is 2.87. The number of ketones is 2. The Morgan fingerprint density at radius 1 is 0.923 bits per heavy atom. The summed E-state index contributed by atoms with van der Waals surface area (Å²) in [4.78, 5) is 24.4. The first-order chi connectivity index (χ1) is 12.3. The van der Waals surface area contributed by atoms with Gasteiger partial charge in [-0.3, -0.25) is 9.59 Å². The zero-order valence-corrected chi connectivity index (χ0v) is 13.9. The molecule has 136 valence electrons. The first-order valence-corrected chi connectivity index (χ1v) is 8.34. The minimum absolute atomic E-state index is 0.00135. The average molecular weight is 362 g/mol. The summed E-state index contributed by atoms with van der Waals surface area (Å²) in [6, 6.07) is 9.30. The van der Waals surface area contributed by atoms with Gasteiger partial charge in [-0.1, -0.05) is 24.3 Å². The van der Waals surface area contributed by atoms with Crippen LogP contribution in [0.3, 0.4) is 0 Å². The van der Waals surface area contributed by atoms with Crippen LogP contribution in [0, 0.1) is 0 Å². The number of Topliss-reactive ketones (excluding diaryl/α,β-unsaturated/α-hetero) is 2. The third kappa shape index (κ3) is 4.12. The van der Waals surface area contributed by atoms with Crippen molar-refractivity contribution < 1.29 is 27.5 Å². The highest BCUT2D eigenvalue weighted by molar-refractivity contribution is 6.02. The number of rotatable bonds is 5. The van der Waals surface area contributed by atoms with Crippen LogP contribution in [0.15, 0.2) is 42.5 Å². The van der Waals surface area contributed by atoms with Crippen molar-refractivity contribution in [1.82, 2.24) is 0 Å². The molecule has 0 aromatic heterocycles. The molecule has 3 rings (SSSR count). The standard InChI is InChI=1S/C20H17F3O3/c21-20(22,23)16-7-5-13(6-8-16)17(24)9-10-18(25)15-4-3-14-2-1-11-26-19(14)12-15/h3-8,12H,1-2,9-11H2. The summed E-state index contributed by atoms with van der Waals surface area (Å²) < 4.78 is 43.2. The molecule has 0 spiro atoms. The molecule has 1 heterocycles. The van der Waals surface area contributed by atoms with E-state index in [4.69, 9.17) is 4.74 Å². The van der Waals surface area contributed by atoms with E-state index in [-0.39, 0.29) is 30.0 Å². The van der Waals surface area contributed by atoms with Gasteiger partial charge in [0, 0.05) is 24.0 Å². The van der Waals surface area contributed by atoms with E-state index >= 15 is 0 Å². The summed E-state index contributed by atoms with van der Waals surface area (Å²) in [6.45, 7) is 0.622. The topological polar surface area (TPSA) is 43.4 Å². The van der Waals surface area contributed by atoms with Gasteiger partial charge in [0.15, 0.2) is 11.6 Å². The van der Waals surface area contributed by atoms with Crippen molar-refractivity contribution in [2.24, 2.45) is 0 Å². The maximum atomic E-state index is 12.5. The molecule has 2 aromatic rings. The molecule has 0 radical (unpaired) electrons. The molecule has 0 saturated carbocycles. The lowest BCUT2D eigenvalue weighted by molar-refractivity contribution is -0.137. The summed E-state index contributed by atoms with van der Waals surface area (Å²) in [5, 5.41) is 0. The fraction of sp³-hybridized carbons (Fsp3) is 0.300. The Hall–Kier alpha value is -2.63. The van der Waals surface area contributed by atoms with Crippen molar-refractivity contribution in [2.75, 3.05) is 6.61 Å². The van der Waals surface area contributed by atoms with Gasteiger partial charge in [0.2, 0.25) is 0 Å². The van der Waals surface area contributed by atoms with Crippen LogP contribution in [-0.2, 0) is 12.6 Å². The first kappa shape index (κ1) is 18.2. The second-order valence-electron chi connectivity index (χ2n) is 6.20. The van der Waals surface area contributed by atoms with E-state index < -0.39 is 11.7 Å². The molecule has 0 unspecified atom stereocenters. The van der Waals surface area contributed by atoms with E-state index in [0.717, 1.165) is 42.7 Å². The molecule has 0 saturated heterocycles. The minimum Gasteiger partial charge on any atom is -0.493 e. The molecular formula is C20H17F3O3. The fourth-order valence-corrected chi connectivity index (χ4v) is 2.87. The highest BCUT2D eigenvalue weighted by Crippen LogP contribution is 2.29. The summed E-state index contributed by atoms with van der Waals surface area (Å²) in [5.41, 5.74) is 0.901. The van der Waals surface area contributed by atoms with E-state index in [1.54, 1.807) is 12.1 Å². The van der Waals surface area contributed by atoms with Gasteiger partial charge in [-0.25, -0.2) is 0 Å². The van der Waals surface area contributed by atoms with Gasteiger partial charge in [-0.2, -0.15) is 13.2 Å². The molecule has 0 bridgehead atoms. The maximum Gasteiger partial charge on any atom is 0.416 e. The lowest BCUT2D eigenvalue weighted by Crippen LogP contribution is -2.10. The monoisotopic (exact) mass is 362 g/mol. The Bertz CT molecular complexity index is 823. The van der Waals surface area contributed by atoms with Crippen LogP contribution in [0.4, 0.5) is 13.2 Å². The van der Waals surface area contributed by atoms with Gasteiger partial charge in [-0.05, 0) is 36.6 Å². The van der Waals surface area contributed by atoms with Crippen LogP contribution < -0.4 is 4.74 Å². The van der Waals surface area contributed by atoms with Crippen molar-refractivity contribution in [3.05, 3.63) is 64.7 Å². The molecule has 1 aliphatic heterocycles. The summed E-state index contributed by atoms with van der Waals surface area (Å²) in [6.07, 6.45) is -2.63. The molecule has 0 atom stereocenters. The van der Waals surface area contributed by atoms with E-state index in [1.165, 1.54) is 0 Å². The second kappa shape index (κ2) is 7.32. The quantitative estimate of drug-likeness (QED) is 0.712. The Labute approximate surface area is 148 Å². The molecule has 0 fully saturated rings. The smallest absolute Gasteiger partial charge is 0.416 e. The van der Waals surface area contributed by atoms with Gasteiger partial charge in [0.25, 0.3) is 0 Å². The molecule has 3 nitrogen and oxygen atoms in total. The van der Waals surface area contributed by atoms with Crippen LogP contribution in [0.25, 0.3) is 0 Å². The SMILES string of the molecule is O=C(CCC(=O)c1ccc2c(c1)OCCC2)c1ccc(C(F)(F)F)cc1. The zero-order chi connectivity index (χ0) is 18.7. The van der Waals surface area contributed by atoms with Crippen LogP contribution in [0.1, 0.15) is 51.1 Å². The van der Waals surface area contributed by atoms with Crippen molar-refractivity contribution in [1.29, 1.82) is 0 Å². The molecule has 0 amide bonds. The summed E-state index contributed by atoms with van der Waals surface area (Å²) in [5.74, 6) is 0.152. The van der Waals surface area contributed by atoms with Crippen molar-refractivity contribution in [2.45, 2.75) is 31.9 Å². The second-order valence-corrected chi connectivity index (χ2v) is 6.20. The molecule has 0 aliphatic carbocycles. The van der Waals surface area contributed by atoms with E-state index in [2.05, 4.69) is 0 Å². The number of hydrogen-bond donors (Lipinski definition) is 0. The van der Waals surface area contributed by atoms with Gasteiger partial charge in [-0.15, -0.1) is 0 Å². The Balaban J connectivity index is 1.61. The van der Waals surface area contributed by atoms with E-state index in [0.29, 0.717) is 17.9 Å². The van der Waals surface area contributed by atoms with Crippen molar-refractivity contribution in [3.8, 4) is 5.75 Å². The number of halogens is 3. The molecule has 26 heavy (non-hydrogen) atoms. The van der Waals surface area contributed by atoms with Crippen molar-refractivity contribution >= 4 is 11.6 Å². The van der Waals surface area contributed by atoms with Crippen LogP contribution in [-0.4, -0.2) is 18.2 Å². The first-order valence-electron chi connectivity index (χ1n) is 8.34. The Morgan fingerprint density at radius 3 is 2.19 bits per heavy atom. The minimum atomic E-state index is -4.44. The lowest BCUT2D eigenvalue weighted by atomic mass is 9.98. The van der Waals surface area contributed by atoms with Crippen LogP contribution in [0.5, 0.6) is 5.75 Å². The zero-order valence-electron chi connectivity index (χ0n) is 13.9. The number of hydrogen-bond acceptors (Lipinski definition) is 3. The van der Waals surface area contributed by atoms with E-state index in [9.17, 15) is 22.8 Å². The number of alkyl halides is 3. The van der Waals surface area contributed by atoms with Crippen molar-refractivity contribution in [3.63, 3.8) is 0 Å². The van der Waals surface area contributed by atoms with Crippen LogP contribution in [0.2, 0.25) is 0 Å². The highest BCUT2D eigenvalue weighted by Gasteiger charge is 2.30. The van der Waals surface area contributed by atoms with Gasteiger partial charge >= 0.3 is 6.18 Å². The maximum absolute atomic E-state index is 12.5. The largest absolute Gasteiger partial charge is 0.493 e. The third-order valence-corrected chi connectivity index (χ3v) is 4.35. The Morgan fingerprint density at radius 2 is 1.54 bits per heavy atom. The summed E-state index contributed by atoms with van der Waals surface area (Å²) in [7, 11) is 0. The predicted molar refractivity (Wildman–Crippen MR) is 89.6 cm³/mol. The molecule has 0 N–H and O–H groups in total. The number of ether oxygens (including phenoxy) is 1. The predicted octanol–water partition coefficient (Wildman–Crippen LogP) is 4.88. The number of carbonyl (C=O) groups excluding carboxylic acids is 2. The summed E-state index contributed by atoms with van der Waals surface area (Å²) >= 11 is 0. The van der Waals surface area contributed by atoms with Crippen LogP contribution >= 0.6 is 0 Å². The number of aryl methyl sites for hydroxylation is 1. The lowest BCUT2D eigenvalue weighted by Gasteiger charge is -2.17. The molecular weight excluding hydrogens is 345 g/mol. The van der Waals surface area contributed by atoms with E-state index in [1.807, 2.05) is 6.07 Å². The molecule has 1 aliphatic rings.